The van der Waals surface area contributed by atoms with Crippen molar-refractivity contribution in [3.05, 3.63) is 52.8 Å². The van der Waals surface area contributed by atoms with Crippen LogP contribution in [0.5, 0.6) is 0 Å². The van der Waals surface area contributed by atoms with Crippen LogP contribution in [0.4, 0.5) is 0 Å². The van der Waals surface area contributed by atoms with Crippen molar-refractivity contribution in [1.82, 2.24) is 21.0 Å². The third-order valence-electron chi connectivity index (χ3n) is 3.72. The highest BCUT2D eigenvalue weighted by molar-refractivity contribution is 5.94. The summed E-state index contributed by atoms with van der Waals surface area (Å²) in [4.78, 5) is 23.8. The standard InChI is InChI=1S/C17H22N4O3.CH4/c1-10(11-6-5-7-12(8-11)15(22)21-24)18-16(23)13-9-14(20-19-13)17(2,3)4;/h5-10,24H,1-4H3,(H,18,23)(H,19,20)(H,21,22);1H4. The largest absolute Gasteiger partial charge is 0.344 e. The first-order valence-electron chi connectivity index (χ1n) is 7.63. The molecule has 1 atom stereocenters. The van der Waals surface area contributed by atoms with Gasteiger partial charge in [0.15, 0.2) is 0 Å². The van der Waals surface area contributed by atoms with Gasteiger partial charge in [-0.15, -0.1) is 0 Å². The van der Waals surface area contributed by atoms with Crippen molar-refractivity contribution in [2.75, 3.05) is 0 Å². The molecule has 0 saturated heterocycles. The van der Waals surface area contributed by atoms with Crippen LogP contribution in [-0.4, -0.2) is 27.2 Å². The molecule has 0 fully saturated rings. The summed E-state index contributed by atoms with van der Waals surface area (Å²) in [5.41, 5.74) is 3.72. The van der Waals surface area contributed by atoms with Gasteiger partial charge >= 0.3 is 0 Å². The number of amides is 2. The first-order chi connectivity index (χ1) is 11.2. The highest BCUT2D eigenvalue weighted by Crippen LogP contribution is 2.21. The van der Waals surface area contributed by atoms with Crippen molar-refractivity contribution in [2.24, 2.45) is 0 Å². The predicted molar refractivity (Wildman–Crippen MR) is 95.6 cm³/mol. The summed E-state index contributed by atoms with van der Waals surface area (Å²) < 4.78 is 0. The number of hydroxylamine groups is 1. The topological polar surface area (TPSA) is 107 Å². The van der Waals surface area contributed by atoms with E-state index in [2.05, 4.69) is 15.5 Å². The number of nitrogens with zero attached hydrogens (tertiary/aromatic N) is 1. The molecule has 1 unspecified atom stereocenters. The number of nitrogens with one attached hydrogen (secondary N) is 3. The number of carbonyl (C=O) groups is 2. The lowest BCUT2D eigenvalue weighted by Gasteiger charge is -2.15. The lowest BCUT2D eigenvalue weighted by atomic mass is 9.92. The Morgan fingerprint density at radius 2 is 1.88 bits per heavy atom. The van der Waals surface area contributed by atoms with E-state index >= 15 is 0 Å². The van der Waals surface area contributed by atoms with E-state index in [-0.39, 0.29) is 24.8 Å². The van der Waals surface area contributed by atoms with E-state index in [1.165, 1.54) is 0 Å². The van der Waals surface area contributed by atoms with E-state index in [1.54, 1.807) is 35.8 Å². The van der Waals surface area contributed by atoms with Crippen molar-refractivity contribution in [3.8, 4) is 0 Å². The minimum atomic E-state index is -0.600. The van der Waals surface area contributed by atoms with Crippen molar-refractivity contribution < 1.29 is 14.8 Å². The summed E-state index contributed by atoms with van der Waals surface area (Å²) in [6.07, 6.45) is 0. The molecule has 0 bridgehead atoms. The molecule has 1 aromatic carbocycles. The van der Waals surface area contributed by atoms with Gasteiger partial charge in [0, 0.05) is 16.7 Å². The minimum Gasteiger partial charge on any atom is -0.344 e. The predicted octanol–water partition coefficient (Wildman–Crippen LogP) is 2.95. The zero-order chi connectivity index (χ0) is 17.9. The Morgan fingerprint density at radius 3 is 2.44 bits per heavy atom. The maximum absolute atomic E-state index is 12.3. The molecule has 2 amide bonds. The molecule has 1 aromatic heterocycles. The van der Waals surface area contributed by atoms with E-state index in [0.29, 0.717) is 11.3 Å². The van der Waals surface area contributed by atoms with Gasteiger partial charge < -0.3 is 5.32 Å². The summed E-state index contributed by atoms with van der Waals surface area (Å²) in [6, 6.07) is 8.09. The van der Waals surface area contributed by atoms with Crippen LogP contribution >= 0.6 is 0 Å². The third-order valence-corrected chi connectivity index (χ3v) is 3.72. The average molecular weight is 346 g/mol. The lowest BCUT2D eigenvalue weighted by molar-refractivity contribution is 0.0706. The zero-order valence-electron chi connectivity index (χ0n) is 14.2. The van der Waals surface area contributed by atoms with E-state index < -0.39 is 5.91 Å². The maximum atomic E-state index is 12.3. The second kappa shape index (κ2) is 7.94. The molecular formula is C18H26N4O3. The molecule has 25 heavy (non-hydrogen) atoms. The summed E-state index contributed by atoms with van der Waals surface area (Å²) in [6.45, 7) is 7.90. The molecule has 0 aliphatic rings. The fourth-order valence-corrected chi connectivity index (χ4v) is 2.19. The normalized spacial score (nSPS) is 12.0. The number of aromatic amines is 1. The summed E-state index contributed by atoms with van der Waals surface area (Å²) in [7, 11) is 0. The molecule has 0 radical (unpaired) electrons. The van der Waals surface area contributed by atoms with Crippen molar-refractivity contribution >= 4 is 11.8 Å². The van der Waals surface area contributed by atoms with Crippen LogP contribution < -0.4 is 10.8 Å². The number of benzene rings is 1. The Kier molecular flexibility index (Phi) is 6.47. The fourth-order valence-electron chi connectivity index (χ4n) is 2.19. The molecule has 4 N–H and O–H groups in total. The van der Waals surface area contributed by atoms with Crippen LogP contribution in [0, 0.1) is 0 Å². The fraction of sp³-hybridized carbons (Fsp3) is 0.389. The molecule has 7 nitrogen and oxygen atoms in total. The Morgan fingerprint density at radius 1 is 1.20 bits per heavy atom. The smallest absolute Gasteiger partial charge is 0.274 e. The number of aromatic nitrogens is 2. The van der Waals surface area contributed by atoms with Crippen LogP contribution in [-0.2, 0) is 5.41 Å². The molecule has 7 heteroatoms. The summed E-state index contributed by atoms with van der Waals surface area (Å²) in [5.74, 6) is -0.899. The first-order valence-corrected chi connectivity index (χ1v) is 7.63. The third kappa shape index (κ3) is 4.90. The number of hydrogen-bond acceptors (Lipinski definition) is 4. The van der Waals surface area contributed by atoms with Gasteiger partial charge in [-0.3, -0.25) is 19.9 Å². The van der Waals surface area contributed by atoms with E-state index in [9.17, 15) is 9.59 Å². The summed E-state index contributed by atoms with van der Waals surface area (Å²) >= 11 is 0. The Balaban J connectivity index is 0.00000312. The molecule has 2 aromatic rings. The van der Waals surface area contributed by atoms with Crippen LogP contribution in [0.25, 0.3) is 0 Å². The second-order valence-corrected chi connectivity index (χ2v) is 6.68. The number of hydrogen-bond donors (Lipinski definition) is 4. The SMILES string of the molecule is C.CC(NC(=O)c1cc(C(C)(C)C)[nH]n1)c1cccc(C(=O)NO)c1. The number of H-pyrrole nitrogens is 1. The monoisotopic (exact) mass is 346 g/mol. The average Bonchev–Trinajstić information content (AvgIpc) is 3.04. The molecule has 1 heterocycles. The maximum Gasteiger partial charge on any atom is 0.274 e. The van der Waals surface area contributed by atoms with E-state index in [4.69, 9.17) is 5.21 Å². The highest BCUT2D eigenvalue weighted by atomic mass is 16.5. The van der Waals surface area contributed by atoms with Crippen molar-refractivity contribution in [2.45, 2.75) is 46.6 Å². The van der Waals surface area contributed by atoms with Gasteiger partial charge in [0.05, 0.1) is 6.04 Å². The minimum absolute atomic E-state index is 0. The van der Waals surface area contributed by atoms with Gasteiger partial charge in [-0.25, -0.2) is 5.48 Å². The zero-order valence-corrected chi connectivity index (χ0v) is 14.2. The Labute approximate surface area is 147 Å². The van der Waals surface area contributed by atoms with E-state index in [0.717, 1.165) is 11.3 Å². The van der Waals surface area contributed by atoms with Gasteiger partial charge in [-0.2, -0.15) is 5.10 Å². The highest BCUT2D eigenvalue weighted by Gasteiger charge is 2.20. The molecule has 2 rings (SSSR count). The second-order valence-electron chi connectivity index (χ2n) is 6.68. The molecule has 0 saturated carbocycles. The van der Waals surface area contributed by atoms with Crippen LogP contribution in [0.15, 0.2) is 30.3 Å². The van der Waals surface area contributed by atoms with Crippen molar-refractivity contribution in [3.63, 3.8) is 0 Å². The van der Waals surface area contributed by atoms with Gasteiger partial charge in [0.2, 0.25) is 0 Å². The van der Waals surface area contributed by atoms with Crippen molar-refractivity contribution in [1.29, 1.82) is 0 Å². The molecule has 136 valence electrons. The number of rotatable bonds is 4. The van der Waals surface area contributed by atoms with Gasteiger partial charge in [-0.1, -0.05) is 40.3 Å². The van der Waals surface area contributed by atoms with Gasteiger partial charge in [-0.05, 0) is 30.7 Å². The summed E-state index contributed by atoms with van der Waals surface area (Å²) in [5, 5.41) is 18.5. The van der Waals surface area contributed by atoms with Crippen LogP contribution in [0.3, 0.4) is 0 Å². The molecule has 0 aliphatic carbocycles. The molecular weight excluding hydrogens is 320 g/mol. The molecule has 0 aliphatic heterocycles. The Bertz CT molecular complexity index is 747. The van der Waals surface area contributed by atoms with Gasteiger partial charge in [0.25, 0.3) is 11.8 Å². The molecule has 0 spiro atoms. The van der Waals surface area contributed by atoms with Crippen LogP contribution in [0.2, 0.25) is 0 Å². The Hall–Kier alpha value is -2.67. The quantitative estimate of drug-likeness (QED) is 0.504. The van der Waals surface area contributed by atoms with Gasteiger partial charge in [0.1, 0.15) is 5.69 Å². The lowest BCUT2D eigenvalue weighted by Crippen LogP contribution is -2.27. The van der Waals surface area contributed by atoms with Crippen LogP contribution in [0.1, 0.15) is 73.3 Å². The first kappa shape index (κ1) is 20.4. The van der Waals surface area contributed by atoms with E-state index in [1.807, 2.05) is 27.7 Å². The number of carbonyl (C=O) groups excluding carboxylic acids is 2.